The van der Waals surface area contributed by atoms with Crippen molar-refractivity contribution in [2.45, 2.75) is 90.2 Å². The maximum atomic E-state index is 12.5. The predicted octanol–water partition coefficient (Wildman–Crippen LogP) is 4.31. The molecule has 44 heavy (non-hydrogen) atoms. The lowest BCUT2D eigenvalue weighted by Crippen LogP contribution is -2.44. The topological polar surface area (TPSA) is 151 Å². The van der Waals surface area contributed by atoms with Gasteiger partial charge in [-0.25, -0.2) is 9.59 Å². The van der Waals surface area contributed by atoms with Crippen LogP contribution in [-0.4, -0.2) is 72.5 Å². The van der Waals surface area contributed by atoms with Gasteiger partial charge < -0.3 is 30.3 Å². The highest BCUT2D eigenvalue weighted by molar-refractivity contribution is 5.96. The zero-order valence-corrected chi connectivity index (χ0v) is 26.3. The van der Waals surface area contributed by atoms with Crippen LogP contribution >= 0.6 is 0 Å². The van der Waals surface area contributed by atoms with Crippen molar-refractivity contribution in [2.24, 2.45) is 0 Å². The monoisotopic (exact) mass is 616 g/mol. The summed E-state index contributed by atoms with van der Waals surface area (Å²) >= 11 is 0. The Kier molecular flexibility index (Phi) is 26.8. The van der Waals surface area contributed by atoms with E-state index in [1.165, 1.54) is 0 Å². The highest BCUT2D eigenvalue weighted by atomic mass is 16.6. The van der Waals surface area contributed by atoms with Gasteiger partial charge in [-0.15, -0.1) is 0 Å². The fourth-order valence-corrected chi connectivity index (χ4v) is 3.55. The molecule has 0 saturated carbocycles. The Bertz CT molecular complexity index is 978. The second-order valence-corrected chi connectivity index (χ2v) is 9.66. The average molecular weight is 617 g/mol. The summed E-state index contributed by atoms with van der Waals surface area (Å²) in [6, 6.07) is -1.11. The Morgan fingerprint density at radius 1 is 0.750 bits per heavy atom. The molecule has 0 radical (unpaired) electrons. The number of amides is 2. The first-order valence-electron chi connectivity index (χ1n) is 15.5. The van der Waals surface area contributed by atoms with Crippen molar-refractivity contribution >= 4 is 23.8 Å². The van der Waals surface area contributed by atoms with Crippen molar-refractivity contribution in [3.8, 4) is 0 Å². The third-order valence-electron chi connectivity index (χ3n) is 5.87. The highest BCUT2D eigenvalue weighted by Crippen LogP contribution is 2.04. The number of carbonyl (C=O) groups excluding carboxylic acids is 4. The molecule has 0 rings (SSSR count). The van der Waals surface area contributed by atoms with Gasteiger partial charge in [-0.3, -0.25) is 9.59 Å². The molecule has 0 bridgehead atoms. The van der Waals surface area contributed by atoms with Crippen LogP contribution in [0, 0.1) is 0 Å². The molecule has 0 aromatic rings. The van der Waals surface area contributed by atoms with E-state index in [0.29, 0.717) is 19.3 Å². The molecule has 0 aromatic carbocycles. The number of hydrogen-bond acceptors (Lipinski definition) is 8. The van der Waals surface area contributed by atoms with Crippen molar-refractivity contribution in [1.82, 2.24) is 10.6 Å². The molecule has 10 heteroatoms. The number of rotatable bonds is 25. The summed E-state index contributed by atoms with van der Waals surface area (Å²) in [4.78, 5) is 48.2. The summed E-state index contributed by atoms with van der Waals surface area (Å²) in [6.07, 6.45) is 29.3. The number of allylic oxidation sites excluding steroid dienone is 10. The molecular weight excluding hydrogens is 564 g/mol. The number of aliphatic hydroxyl groups excluding tert-OH is 2. The second-order valence-electron chi connectivity index (χ2n) is 9.66. The summed E-state index contributed by atoms with van der Waals surface area (Å²) in [5.41, 5.74) is 0. The Balaban J connectivity index is 4.29. The number of aliphatic hydroxyl groups is 2. The first kappa shape index (κ1) is 40.2. The van der Waals surface area contributed by atoms with E-state index >= 15 is 0 Å². The maximum absolute atomic E-state index is 12.5. The molecule has 0 fully saturated rings. The minimum absolute atomic E-state index is 0.112. The van der Waals surface area contributed by atoms with E-state index < -0.39 is 43.2 Å². The zero-order valence-electron chi connectivity index (χ0n) is 26.3. The summed E-state index contributed by atoms with van der Waals surface area (Å²) in [7, 11) is 0. The van der Waals surface area contributed by atoms with Gasteiger partial charge in [0, 0.05) is 25.1 Å². The van der Waals surface area contributed by atoms with Crippen LogP contribution in [0.15, 0.2) is 72.9 Å². The standard InChI is InChI=1S/C34H52N2O8/c1-3-5-6-7-8-9-10-11-12-13-14-15-16-17-18-19-20-23-31(39)35-26-21-22-30(34(42)44-29(27-37)28-38)36-32(40)24-25-33(41)43-4-2/h5-6,8-9,11-12,14-15,17-18,24-25,29-30,37-38H,3-4,7,10,13,16,19-23,26-28H2,1-2H3,(H,35,39)(H,36,40)/t30-/m0/s1. The third kappa shape index (κ3) is 24.8. The van der Waals surface area contributed by atoms with Gasteiger partial charge in [-0.05, 0) is 64.7 Å². The normalized spacial score (nSPS) is 12.8. The number of hydrogen-bond donors (Lipinski definition) is 4. The van der Waals surface area contributed by atoms with Crippen molar-refractivity contribution in [1.29, 1.82) is 0 Å². The van der Waals surface area contributed by atoms with E-state index in [2.05, 4.69) is 78.3 Å². The van der Waals surface area contributed by atoms with Crippen molar-refractivity contribution in [2.75, 3.05) is 26.4 Å². The van der Waals surface area contributed by atoms with E-state index in [0.717, 1.165) is 50.7 Å². The molecule has 0 aliphatic carbocycles. The quantitative estimate of drug-likeness (QED) is 0.0513. The number of ether oxygens (including phenoxy) is 2. The minimum Gasteiger partial charge on any atom is -0.463 e. The maximum Gasteiger partial charge on any atom is 0.330 e. The first-order valence-corrected chi connectivity index (χ1v) is 15.5. The number of unbranched alkanes of at least 4 members (excludes halogenated alkanes) is 1. The molecule has 4 N–H and O–H groups in total. The number of esters is 2. The van der Waals surface area contributed by atoms with Gasteiger partial charge in [-0.1, -0.05) is 67.7 Å². The first-order chi connectivity index (χ1) is 21.4. The van der Waals surface area contributed by atoms with Gasteiger partial charge in [0.25, 0.3) is 0 Å². The Hall–Kier alpha value is -3.76. The van der Waals surface area contributed by atoms with E-state index in [-0.39, 0.29) is 25.5 Å². The second kappa shape index (κ2) is 29.3. The van der Waals surface area contributed by atoms with Crippen LogP contribution in [0.4, 0.5) is 0 Å². The van der Waals surface area contributed by atoms with Gasteiger partial charge in [0.05, 0.1) is 19.8 Å². The summed E-state index contributed by atoms with van der Waals surface area (Å²) in [6.45, 7) is 3.02. The molecule has 0 aliphatic rings. The number of nitrogens with one attached hydrogen (secondary N) is 2. The Morgan fingerprint density at radius 2 is 1.32 bits per heavy atom. The van der Waals surface area contributed by atoms with Crippen LogP contribution in [0.1, 0.15) is 78.1 Å². The SMILES string of the molecule is CCC=CCC=CCC=CCC=CCC=CCCCC(=O)NCCC[C@H](NC(=O)C=CC(=O)OCC)C(=O)OC(CO)CO. The van der Waals surface area contributed by atoms with Crippen LogP contribution in [0.5, 0.6) is 0 Å². The van der Waals surface area contributed by atoms with Gasteiger partial charge >= 0.3 is 11.9 Å². The van der Waals surface area contributed by atoms with Crippen LogP contribution < -0.4 is 10.6 Å². The lowest BCUT2D eigenvalue weighted by Gasteiger charge is -2.20. The van der Waals surface area contributed by atoms with E-state index in [4.69, 9.17) is 9.47 Å². The average Bonchev–Trinajstić information content (AvgIpc) is 3.01. The minimum atomic E-state index is -1.13. The van der Waals surface area contributed by atoms with Gasteiger partial charge in [0.15, 0.2) is 0 Å². The molecule has 10 nitrogen and oxygen atoms in total. The van der Waals surface area contributed by atoms with Gasteiger partial charge in [0.1, 0.15) is 12.1 Å². The summed E-state index contributed by atoms with van der Waals surface area (Å²) < 4.78 is 9.73. The third-order valence-corrected chi connectivity index (χ3v) is 5.87. The highest BCUT2D eigenvalue weighted by Gasteiger charge is 2.24. The van der Waals surface area contributed by atoms with Crippen molar-refractivity contribution < 1.29 is 38.9 Å². The van der Waals surface area contributed by atoms with E-state index in [1.807, 2.05) is 0 Å². The van der Waals surface area contributed by atoms with Crippen LogP contribution in [0.3, 0.4) is 0 Å². The molecule has 0 spiro atoms. The van der Waals surface area contributed by atoms with Gasteiger partial charge in [0.2, 0.25) is 11.8 Å². The largest absolute Gasteiger partial charge is 0.463 e. The van der Waals surface area contributed by atoms with Crippen LogP contribution in [-0.2, 0) is 28.7 Å². The number of carbonyl (C=O) groups is 4. The fraction of sp³-hybridized carbons (Fsp3) is 0.529. The molecule has 246 valence electrons. The molecular formula is C34H52N2O8. The molecule has 2 amide bonds. The molecule has 0 saturated heterocycles. The summed E-state index contributed by atoms with van der Waals surface area (Å²) in [5, 5.41) is 23.6. The van der Waals surface area contributed by atoms with E-state index in [1.54, 1.807) is 6.92 Å². The lowest BCUT2D eigenvalue weighted by atomic mass is 10.1. The van der Waals surface area contributed by atoms with E-state index in [9.17, 15) is 29.4 Å². The Morgan fingerprint density at radius 3 is 1.86 bits per heavy atom. The molecule has 1 atom stereocenters. The fourth-order valence-electron chi connectivity index (χ4n) is 3.55. The molecule has 0 unspecified atom stereocenters. The molecule has 0 heterocycles. The predicted molar refractivity (Wildman–Crippen MR) is 172 cm³/mol. The zero-order chi connectivity index (χ0) is 32.7. The lowest BCUT2D eigenvalue weighted by molar-refractivity contribution is -0.157. The van der Waals surface area contributed by atoms with Crippen molar-refractivity contribution in [3.05, 3.63) is 72.9 Å². The van der Waals surface area contributed by atoms with Crippen molar-refractivity contribution in [3.63, 3.8) is 0 Å². The summed E-state index contributed by atoms with van der Waals surface area (Å²) in [5.74, 6) is -2.38. The van der Waals surface area contributed by atoms with Crippen LogP contribution in [0.25, 0.3) is 0 Å². The molecule has 0 aliphatic heterocycles. The molecule has 0 aromatic heterocycles. The van der Waals surface area contributed by atoms with Crippen LogP contribution in [0.2, 0.25) is 0 Å². The smallest absolute Gasteiger partial charge is 0.330 e. The Labute approximate surface area is 262 Å². The van der Waals surface area contributed by atoms with Gasteiger partial charge in [-0.2, -0.15) is 0 Å².